The maximum absolute atomic E-state index is 12.1. The van der Waals surface area contributed by atoms with Gasteiger partial charge in [0.1, 0.15) is 6.10 Å². The minimum Gasteiger partial charge on any atom is -0.446 e. The van der Waals surface area contributed by atoms with Gasteiger partial charge < -0.3 is 9.64 Å². The van der Waals surface area contributed by atoms with Crippen molar-refractivity contribution < 1.29 is 9.53 Å². The molecule has 1 heterocycles. The Morgan fingerprint density at radius 2 is 1.81 bits per heavy atom. The fourth-order valence-corrected chi connectivity index (χ4v) is 2.80. The van der Waals surface area contributed by atoms with E-state index >= 15 is 0 Å². The summed E-state index contributed by atoms with van der Waals surface area (Å²) in [4.78, 5) is 14.5. The second-order valence-electron chi connectivity index (χ2n) is 6.13. The molecule has 1 aliphatic rings. The standard InChI is InChI=1S/C17H26N2O2/c1-12(2)19-10-8-15(9-11-19)21-17(20)18-16-13(3)6-5-7-14(16)4/h5-7,12,15H,8-11H2,1-4H3,(H,18,20). The third-order valence-electron chi connectivity index (χ3n) is 4.19. The van der Waals surface area contributed by atoms with Crippen LogP contribution in [0.5, 0.6) is 0 Å². The molecule has 2 rings (SSSR count). The van der Waals surface area contributed by atoms with E-state index in [1.807, 2.05) is 32.0 Å². The maximum Gasteiger partial charge on any atom is 0.411 e. The second kappa shape index (κ2) is 6.94. The summed E-state index contributed by atoms with van der Waals surface area (Å²) in [6.45, 7) is 10.4. The molecular weight excluding hydrogens is 264 g/mol. The van der Waals surface area contributed by atoms with Gasteiger partial charge in [0.05, 0.1) is 0 Å². The number of amides is 1. The molecule has 0 saturated carbocycles. The number of ether oxygens (including phenoxy) is 1. The number of carbonyl (C=O) groups excluding carboxylic acids is 1. The number of para-hydroxylation sites is 1. The van der Waals surface area contributed by atoms with Crippen molar-refractivity contribution in [2.75, 3.05) is 18.4 Å². The summed E-state index contributed by atoms with van der Waals surface area (Å²) in [7, 11) is 0. The van der Waals surface area contributed by atoms with Gasteiger partial charge in [0.2, 0.25) is 0 Å². The first-order chi connectivity index (χ1) is 9.97. The Labute approximate surface area is 127 Å². The zero-order valence-electron chi connectivity index (χ0n) is 13.5. The summed E-state index contributed by atoms with van der Waals surface area (Å²) in [5.74, 6) is 0. The average Bonchev–Trinajstić information content (AvgIpc) is 2.43. The predicted octanol–water partition coefficient (Wildman–Crippen LogP) is 3.72. The smallest absolute Gasteiger partial charge is 0.411 e. The lowest BCUT2D eigenvalue weighted by atomic mass is 10.1. The predicted molar refractivity (Wildman–Crippen MR) is 85.8 cm³/mol. The fraction of sp³-hybridized carbons (Fsp3) is 0.588. The molecule has 0 bridgehead atoms. The topological polar surface area (TPSA) is 41.6 Å². The number of nitrogens with zero attached hydrogens (tertiary/aromatic N) is 1. The van der Waals surface area contributed by atoms with E-state index in [1.54, 1.807) is 0 Å². The third-order valence-corrected chi connectivity index (χ3v) is 4.19. The molecule has 1 N–H and O–H groups in total. The molecule has 1 saturated heterocycles. The van der Waals surface area contributed by atoms with E-state index in [-0.39, 0.29) is 12.2 Å². The van der Waals surface area contributed by atoms with Crippen LogP contribution in [0.15, 0.2) is 18.2 Å². The molecule has 1 amide bonds. The van der Waals surface area contributed by atoms with Gasteiger partial charge >= 0.3 is 6.09 Å². The SMILES string of the molecule is Cc1cccc(C)c1NC(=O)OC1CCN(C(C)C)CC1. The van der Waals surface area contributed by atoms with Gasteiger partial charge in [-0.05, 0) is 51.7 Å². The lowest BCUT2D eigenvalue weighted by Gasteiger charge is -2.34. The van der Waals surface area contributed by atoms with Crippen LogP contribution in [0.25, 0.3) is 0 Å². The van der Waals surface area contributed by atoms with E-state index in [2.05, 4.69) is 24.1 Å². The Kier molecular flexibility index (Phi) is 5.23. The van der Waals surface area contributed by atoms with Crippen molar-refractivity contribution in [2.24, 2.45) is 0 Å². The molecule has 0 spiro atoms. The van der Waals surface area contributed by atoms with Crippen molar-refractivity contribution in [3.8, 4) is 0 Å². The van der Waals surface area contributed by atoms with Gasteiger partial charge in [-0.1, -0.05) is 18.2 Å². The highest BCUT2D eigenvalue weighted by atomic mass is 16.6. The van der Waals surface area contributed by atoms with Gasteiger partial charge in [-0.3, -0.25) is 5.32 Å². The maximum atomic E-state index is 12.1. The number of carbonyl (C=O) groups is 1. The molecular formula is C17H26N2O2. The van der Waals surface area contributed by atoms with Crippen LogP contribution in [-0.2, 0) is 4.74 Å². The average molecular weight is 290 g/mol. The molecule has 0 atom stereocenters. The van der Waals surface area contributed by atoms with Crippen LogP contribution in [0.3, 0.4) is 0 Å². The van der Waals surface area contributed by atoms with Crippen molar-refractivity contribution in [3.63, 3.8) is 0 Å². The number of benzene rings is 1. The zero-order chi connectivity index (χ0) is 15.4. The molecule has 0 radical (unpaired) electrons. The Morgan fingerprint density at radius 3 is 2.33 bits per heavy atom. The molecule has 1 aromatic carbocycles. The summed E-state index contributed by atoms with van der Waals surface area (Å²) in [5.41, 5.74) is 2.98. The molecule has 4 nitrogen and oxygen atoms in total. The lowest BCUT2D eigenvalue weighted by molar-refractivity contribution is 0.0497. The molecule has 1 fully saturated rings. The first kappa shape index (κ1) is 15.8. The summed E-state index contributed by atoms with van der Waals surface area (Å²) in [6, 6.07) is 6.53. The van der Waals surface area contributed by atoms with Gasteiger partial charge in [-0.2, -0.15) is 0 Å². The zero-order valence-corrected chi connectivity index (χ0v) is 13.5. The largest absolute Gasteiger partial charge is 0.446 e. The number of hydrogen-bond donors (Lipinski definition) is 1. The van der Waals surface area contributed by atoms with Crippen molar-refractivity contribution in [1.29, 1.82) is 0 Å². The van der Waals surface area contributed by atoms with Gasteiger partial charge in [0, 0.05) is 24.8 Å². The number of rotatable bonds is 3. The second-order valence-corrected chi connectivity index (χ2v) is 6.13. The van der Waals surface area contributed by atoms with Crippen molar-refractivity contribution in [3.05, 3.63) is 29.3 Å². The molecule has 21 heavy (non-hydrogen) atoms. The minimum atomic E-state index is -0.338. The van der Waals surface area contributed by atoms with Gasteiger partial charge in [-0.15, -0.1) is 0 Å². The number of piperidine rings is 1. The number of likely N-dealkylation sites (tertiary alicyclic amines) is 1. The van der Waals surface area contributed by atoms with Crippen molar-refractivity contribution >= 4 is 11.8 Å². The molecule has 116 valence electrons. The van der Waals surface area contributed by atoms with Crippen LogP contribution in [0, 0.1) is 13.8 Å². The first-order valence-corrected chi connectivity index (χ1v) is 7.75. The highest BCUT2D eigenvalue weighted by Gasteiger charge is 2.23. The molecule has 0 aromatic heterocycles. The molecule has 0 aliphatic carbocycles. The van der Waals surface area contributed by atoms with Crippen LogP contribution in [-0.4, -0.2) is 36.2 Å². The third kappa shape index (κ3) is 4.21. The van der Waals surface area contributed by atoms with Crippen LogP contribution in [0.1, 0.15) is 37.8 Å². The Hall–Kier alpha value is -1.55. The number of nitrogens with one attached hydrogen (secondary N) is 1. The summed E-state index contributed by atoms with van der Waals surface area (Å²) >= 11 is 0. The molecule has 0 unspecified atom stereocenters. The van der Waals surface area contributed by atoms with E-state index in [1.165, 1.54) is 0 Å². The monoisotopic (exact) mass is 290 g/mol. The van der Waals surface area contributed by atoms with Gasteiger partial charge in [0.25, 0.3) is 0 Å². The van der Waals surface area contributed by atoms with Gasteiger partial charge in [0.15, 0.2) is 0 Å². The highest BCUT2D eigenvalue weighted by Crippen LogP contribution is 2.21. The van der Waals surface area contributed by atoms with Crippen LogP contribution >= 0.6 is 0 Å². The van der Waals surface area contributed by atoms with Gasteiger partial charge in [-0.25, -0.2) is 4.79 Å². The van der Waals surface area contributed by atoms with E-state index in [4.69, 9.17) is 4.74 Å². The Morgan fingerprint density at radius 1 is 1.24 bits per heavy atom. The number of aryl methyl sites for hydroxylation is 2. The normalized spacial score (nSPS) is 17.0. The van der Waals surface area contributed by atoms with E-state index in [0.717, 1.165) is 42.7 Å². The quantitative estimate of drug-likeness (QED) is 0.922. The first-order valence-electron chi connectivity index (χ1n) is 7.75. The summed E-state index contributed by atoms with van der Waals surface area (Å²) in [5, 5.41) is 2.88. The Bertz CT molecular complexity index is 471. The molecule has 1 aliphatic heterocycles. The summed E-state index contributed by atoms with van der Waals surface area (Å²) < 4.78 is 5.56. The van der Waals surface area contributed by atoms with E-state index in [9.17, 15) is 4.79 Å². The van der Waals surface area contributed by atoms with E-state index < -0.39 is 0 Å². The highest BCUT2D eigenvalue weighted by molar-refractivity contribution is 5.86. The number of anilines is 1. The van der Waals surface area contributed by atoms with Crippen LogP contribution in [0.2, 0.25) is 0 Å². The molecule has 1 aromatic rings. The minimum absolute atomic E-state index is 0.0318. The van der Waals surface area contributed by atoms with Crippen LogP contribution in [0.4, 0.5) is 10.5 Å². The molecule has 4 heteroatoms. The van der Waals surface area contributed by atoms with Crippen molar-refractivity contribution in [1.82, 2.24) is 4.90 Å². The van der Waals surface area contributed by atoms with Crippen molar-refractivity contribution in [2.45, 2.75) is 52.7 Å². The number of hydrogen-bond acceptors (Lipinski definition) is 3. The summed E-state index contributed by atoms with van der Waals surface area (Å²) in [6.07, 6.45) is 1.52. The Balaban J connectivity index is 1.86. The van der Waals surface area contributed by atoms with E-state index in [0.29, 0.717) is 6.04 Å². The van der Waals surface area contributed by atoms with Crippen LogP contribution < -0.4 is 5.32 Å². The fourth-order valence-electron chi connectivity index (χ4n) is 2.80. The lowest BCUT2D eigenvalue weighted by Crippen LogP contribution is -2.41.